The lowest BCUT2D eigenvalue weighted by molar-refractivity contribution is -0.131. The molecule has 0 radical (unpaired) electrons. The molecule has 0 saturated heterocycles. The summed E-state index contributed by atoms with van der Waals surface area (Å²) in [5.74, 6) is -5.39. The first kappa shape index (κ1) is 36.2. The molecule has 19 heteroatoms. The summed E-state index contributed by atoms with van der Waals surface area (Å²) < 4.78 is 0. The van der Waals surface area contributed by atoms with Crippen molar-refractivity contribution < 1.29 is 38.4 Å². The molecule has 0 fully saturated rings. The van der Waals surface area contributed by atoms with Crippen molar-refractivity contribution in [2.24, 2.45) is 5.73 Å². The second kappa shape index (κ2) is 18.0. The van der Waals surface area contributed by atoms with Gasteiger partial charge in [-0.15, -0.1) is 0 Å². The highest BCUT2D eigenvalue weighted by atomic mass is 16.2. The van der Waals surface area contributed by atoms with Gasteiger partial charge in [0.25, 0.3) is 0 Å². The maximum Gasteiger partial charge on any atom is 0.243 e. The van der Waals surface area contributed by atoms with Crippen molar-refractivity contribution in [3.8, 4) is 0 Å². The first-order valence-corrected chi connectivity index (χ1v) is 14.6. The maximum atomic E-state index is 12.8. The lowest BCUT2D eigenvalue weighted by Gasteiger charge is -2.18. The Balaban J connectivity index is 1.40. The monoisotopic (exact) mass is 667 g/mol. The third-order valence-electron chi connectivity index (χ3n) is 6.67. The van der Waals surface area contributed by atoms with Crippen LogP contribution >= 0.6 is 0 Å². The average molecular weight is 668 g/mol. The minimum absolute atomic E-state index is 0.0259. The van der Waals surface area contributed by atoms with Crippen molar-refractivity contribution in [1.29, 1.82) is 0 Å². The number of nitrogens with zero attached hydrogens (tertiary/aromatic N) is 1. The summed E-state index contributed by atoms with van der Waals surface area (Å²) >= 11 is 0. The van der Waals surface area contributed by atoms with Crippen LogP contribution in [0.25, 0.3) is 10.9 Å². The molecule has 8 amide bonds. The van der Waals surface area contributed by atoms with Crippen LogP contribution in [0.4, 0.5) is 0 Å². The number of rotatable bonds is 18. The molecule has 0 aliphatic carbocycles. The second-order valence-corrected chi connectivity index (χ2v) is 10.4. The van der Waals surface area contributed by atoms with Gasteiger partial charge < -0.3 is 52.9 Å². The van der Waals surface area contributed by atoms with Crippen molar-refractivity contribution >= 4 is 58.2 Å². The maximum absolute atomic E-state index is 12.8. The second-order valence-electron chi connectivity index (χ2n) is 10.4. The van der Waals surface area contributed by atoms with Crippen LogP contribution in [-0.2, 0) is 51.2 Å². The number of primary amides is 1. The number of carbonyl (C=O) groups is 8. The van der Waals surface area contributed by atoms with E-state index in [1.807, 2.05) is 24.3 Å². The fraction of sp³-hybridized carbons (Fsp3) is 0.345. The molecule has 0 bridgehead atoms. The summed E-state index contributed by atoms with van der Waals surface area (Å²) in [6, 6.07) is 5.22. The van der Waals surface area contributed by atoms with Crippen LogP contribution in [0, 0.1) is 0 Å². The van der Waals surface area contributed by atoms with Gasteiger partial charge in [-0.25, -0.2) is 4.98 Å². The van der Waals surface area contributed by atoms with Gasteiger partial charge in [-0.05, 0) is 11.6 Å². The normalized spacial score (nSPS) is 11.8. The Bertz CT molecular complexity index is 1640. The van der Waals surface area contributed by atoms with Crippen molar-refractivity contribution in [3.63, 3.8) is 0 Å². The molecule has 0 aliphatic heterocycles. The van der Waals surface area contributed by atoms with E-state index in [4.69, 9.17) is 5.73 Å². The smallest absolute Gasteiger partial charge is 0.243 e. The van der Waals surface area contributed by atoms with Gasteiger partial charge in [0, 0.05) is 48.8 Å². The number of nitrogens with two attached hydrogens (primary N) is 1. The summed E-state index contributed by atoms with van der Waals surface area (Å²) in [5, 5.41) is 17.3. The largest absolute Gasteiger partial charge is 0.368 e. The molecule has 2 heterocycles. The van der Waals surface area contributed by atoms with E-state index < -0.39 is 85.5 Å². The molecule has 11 N–H and O–H groups in total. The molecular formula is C29H37N11O8. The zero-order valence-corrected chi connectivity index (χ0v) is 25.9. The summed E-state index contributed by atoms with van der Waals surface area (Å²) in [4.78, 5) is 106. The molecule has 3 rings (SSSR count). The number of fused-ring (bicyclic) bond motifs is 1. The number of imidazole rings is 1. The van der Waals surface area contributed by atoms with Crippen LogP contribution in [-0.4, -0.2) is 107 Å². The number of benzene rings is 1. The van der Waals surface area contributed by atoms with E-state index in [1.54, 1.807) is 6.20 Å². The van der Waals surface area contributed by atoms with Gasteiger partial charge in [-0.1, -0.05) is 18.2 Å². The van der Waals surface area contributed by atoms with Gasteiger partial charge in [0.2, 0.25) is 47.3 Å². The molecule has 0 aliphatic rings. The number of aromatic amines is 2. The van der Waals surface area contributed by atoms with Crippen LogP contribution in [0.3, 0.4) is 0 Å². The SMILES string of the molecule is CC(=O)NCC(=O)NCC(=O)N[C@@H](Cc1cnc[nH]1)C(=O)NCC(=O)NCC(=O)NCC(=O)N[C@@H](Cc1c[nH]c2ccccc12)C(N)=O. The quantitative estimate of drug-likeness (QED) is 0.0627. The number of amides is 8. The summed E-state index contributed by atoms with van der Waals surface area (Å²) in [5.41, 5.74) is 7.59. The highest BCUT2D eigenvalue weighted by Gasteiger charge is 2.23. The Hall–Kier alpha value is -6.27. The highest BCUT2D eigenvalue weighted by Crippen LogP contribution is 2.19. The van der Waals surface area contributed by atoms with Crippen LogP contribution in [0.1, 0.15) is 18.2 Å². The third kappa shape index (κ3) is 12.3. The molecule has 0 spiro atoms. The summed E-state index contributed by atoms with van der Waals surface area (Å²) in [6.45, 7) is -1.15. The Labute approximate surface area is 273 Å². The van der Waals surface area contributed by atoms with Crippen molar-refractivity contribution in [3.05, 3.63) is 54.2 Å². The molecule has 3 aromatic rings. The minimum Gasteiger partial charge on any atom is -0.368 e. The van der Waals surface area contributed by atoms with Gasteiger partial charge in [-0.2, -0.15) is 0 Å². The van der Waals surface area contributed by atoms with Crippen molar-refractivity contribution in [2.75, 3.05) is 32.7 Å². The molecule has 19 nitrogen and oxygen atoms in total. The number of hydrogen-bond donors (Lipinski definition) is 10. The summed E-state index contributed by atoms with van der Waals surface area (Å²) in [7, 11) is 0. The van der Waals surface area contributed by atoms with E-state index in [0.29, 0.717) is 5.69 Å². The van der Waals surface area contributed by atoms with E-state index in [1.165, 1.54) is 19.4 Å². The molecule has 1 aromatic carbocycles. The molecule has 48 heavy (non-hydrogen) atoms. The average Bonchev–Trinajstić information content (AvgIpc) is 3.72. The zero-order chi connectivity index (χ0) is 35.1. The van der Waals surface area contributed by atoms with Crippen molar-refractivity contribution in [1.82, 2.24) is 52.2 Å². The van der Waals surface area contributed by atoms with Crippen LogP contribution < -0.4 is 43.0 Å². The van der Waals surface area contributed by atoms with E-state index in [0.717, 1.165) is 16.5 Å². The molecule has 2 aromatic heterocycles. The minimum atomic E-state index is -1.17. The van der Waals surface area contributed by atoms with E-state index in [-0.39, 0.29) is 19.4 Å². The Morgan fingerprint density at radius 2 is 1.27 bits per heavy atom. The Morgan fingerprint density at radius 1 is 0.708 bits per heavy atom. The molecule has 0 saturated carbocycles. The van der Waals surface area contributed by atoms with Crippen LogP contribution in [0.2, 0.25) is 0 Å². The number of para-hydroxylation sites is 1. The summed E-state index contributed by atoms with van der Waals surface area (Å²) in [6.07, 6.45) is 4.63. The van der Waals surface area contributed by atoms with Gasteiger partial charge in [0.05, 0.1) is 39.1 Å². The molecular weight excluding hydrogens is 630 g/mol. The fourth-order valence-corrected chi connectivity index (χ4v) is 4.28. The predicted molar refractivity (Wildman–Crippen MR) is 168 cm³/mol. The molecule has 0 unspecified atom stereocenters. The first-order chi connectivity index (χ1) is 22.9. The zero-order valence-electron chi connectivity index (χ0n) is 25.9. The first-order valence-electron chi connectivity index (χ1n) is 14.6. The molecule has 256 valence electrons. The standard InChI is InChI=1S/C29H37N11O8/c1-16(41)32-10-23(42)35-14-27(46)40-22(7-18-9-31-15-38-18)29(48)37-12-25(44)34-11-24(43)36-13-26(45)39-21(28(30)47)6-17-8-33-20-5-3-2-4-19(17)20/h2-5,8-9,15,21-22,33H,6-7,10-14H2,1H3,(H2,30,47)(H,31,38)(H,32,41)(H,34,44)(H,35,42)(H,36,43)(H,37,48)(H,39,45)(H,40,46)/t21-,22-/m0/s1. The van der Waals surface area contributed by atoms with Crippen LogP contribution in [0.15, 0.2) is 43.0 Å². The van der Waals surface area contributed by atoms with Gasteiger partial charge >= 0.3 is 0 Å². The number of nitrogens with one attached hydrogen (secondary N) is 9. The van der Waals surface area contributed by atoms with Gasteiger partial charge in [0.1, 0.15) is 12.1 Å². The Morgan fingerprint density at radius 3 is 1.85 bits per heavy atom. The fourth-order valence-electron chi connectivity index (χ4n) is 4.28. The molecule has 2 atom stereocenters. The topological polar surface area (TPSA) is 291 Å². The lowest BCUT2D eigenvalue weighted by atomic mass is 10.0. The third-order valence-corrected chi connectivity index (χ3v) is 6.67. The number of hydrogen-bond acceptors (Lipinski definition) is 9. The predicted octanol–water partition coefficient (Wildman–Crippen LogP) is -4.27. The number of carbonyl (C=O) groups excluding carboxylic acids is 8. The number of H-pyrrole nitrogens is 2. The van der Waals surface area contributed by atoms with Gasteiger partial charge in [0.15, 0.2) is 0 Å². The lowest BCUT2D eigenvalue weighted by Crippen LogP contribution is -2.52. The van der Waals surface area contributed by atoms with Gasteiger partial charge in [-0.3, -0.25) is 38.4 Å². The Kier molecular flexibility index (Phi) is 13.6. The highest BCUT2D eigenvalue weighted by molar-refractivity contribution is 5.94. The van der Waals surface area contributed by atoms with E-state index in [2.05, 4.69) is 52.2 Å². The number of aromatic nitrogens is 3. The van der Waals surface area contributed by atoms with E-state index in [9.17, 15) is 38.4 Å². The van der Waals surface area contributed by atoms with Crippen LogP contribution in [0.5, 0.6) is 0 Å². The van der Waals surface area contributed by atoms with E-state index >= 15 is 0 Å². The van der Waals surface area contributed by atoms with Crippen molar-refractivity contribution in [2.45, 2.75) is 31.8 Å².